The van der Waals surface area contributed by atoms with Gasteiger partial charge in [0.25, 0.3) is 11.5 Å². The van der Waals surface area contributed by atoms with Crippen LogP contribution in [0.1, 0.15) is 36.0 Å². The molecule has 0 radical (unpaired) electrons. The average Bonchev–Trinajstić information content (AvgIpc) is 2.63. The van der Waals surface area contributed by atoms with Crippen molar-refractivity contribution >= 4 is 5.91 Å². The molecule has 1 saturated heterocycles. The van der Waals surface area contributed by atoms with E-state index in [1.165, 1.54) is 0 Å². The number of benzene rings is 1. The molecule has 126 valence electrons. The normalized spacial score (nSPS) is 16.8. The van der Waals surface area contributed by atoms with Crippen molar-refractivity contribution in [1.82, 2.24) is 9.47 Å². The lowest BCUT2D eigenvalue weighted by Crippen LogP contribution is -2.40. The Labute approximate surface area is 141 Å². The third-order valence-electron chi connectivity index (χ3n) is 4.76. The molecule has 0 spiro atoms. The second-order valence-electron chi connectivity index (χ2n) is 6.32. The molecule has 1 atom stereocenters. The van der Waals surface area contributed by atoms with Crippen molar-refractivity contribution in [2.24, 2.45) is 7.05 Å². The fourth-order valence-electron chi connectivity index (χ4n) is 3.20. The zero-order valence-corrected chi connectivity index (χ0v) is 13.8. The lowest BCUT2D eigenvalue weighted by Gasteiger charge is -2.33. The van der Waals surface area contributed by atoms with Crippen LogP contribution < -0.4 is 5.56 Å². The summed E-state index contributed by atoms with van der Waals surface area (Å²) >= 11 is 0. The Hall–Kier alpha value is -2.40. The summed E-state index contributed by atoms with van der Waals surface area (Å²) in [6, 6.07) is 12.7. The van der Waals surface area contributed by atoms with Crippen LogP contribution in [0.4, 0.5) is 0 Å². The number of carbonyl (C=O) groups excluding carboxylic acids is 1. The molecule has 1 amide bonds. The Kier molecular flexibility index (Phi) is 4.81. The number of likely N-dealkylation sites (tertiary alicyclic amines) is 1. The molecule has 0 saturated carbocycles. The van der Waals surface area contributed by atoms with Crippen molar-refractivity contribution in [3.63, 3.8) is 0 Å². The number of piperidine rings is 1. The van der Waals surface area contributed by atoms with Gasteiger partial charge in [-0.15, -0.1) is 0 Å². The average molecular weight is 326 g/mol. The van der Waals surface area contributed by atoms with E-state index in [2.05, 4.69) is 0 Å². The number of hydrogen-bond acceptors (Lipinski definition) is 3. The smallest absolute Gasteiger partial charge is 0.256 e. The maximum absolute atomic E-state index is 12.5. The first-order valence-corrected chi connectivity index (χ1v) is 8.24. The van der Waals surface area contributed by atoms with Gasteiger partial charge in [0, 0.05) is 32.4 Å². The van der Waals surface area contributed by atoms with E-state index in [9.17, 15) is 14.7 Å². The summed E-state index contributed by atoms with van der Waals surface area (Å²) in [6.45, 7) is 1.20. The van der Waals surface area contributed by atoms with Gasteiger partial charge in [-0.2, -0.15) is 0 Å². The SMILES string of the molecule is Cn1ccc(C2CCN(C(=O)[C@@H](O)c3ccccc3)CC2)cc1=O. The monoisotopic (exact) mass is 326 g/mol. The van der Waals surface area contributed by atoms with E-state index in [0.29, 0.717) is 18.7 Å². The van der Waals surface area contributed by atoms with Crippen molar-refractivity contribution in [3.05, 3.63) is 70.1 Å². The maximum atomic E-state index is 12.5. The summed E-state index contributed by atoms with van der Waals surface area (Å²) in [5.74, 6) is 0.0421. The number of amides is 1. The molecule has 5 nitrogen and oxygen atoms in total. The van der Waals surface area contributed by atoms with Gasteiger partial charge in [0.1, 0.15) is 0 Å². The summed E-state index contributed by atoms with van der Waals surface area (Å²) in [4.78, 5) is 25.9. The van der Waals surface area contributed by atoms with Gasteiger partial charge in [-0.3, -0.25) is 9.59 Å². The predicted octanol–water partition coefficient (Wildman–Crippen LogP) is 1.82. The van der Waals surface area contributed by atoms with E-state index in [1.54, 1.807) is 40.9 Å². The molecule has 0 unspecified atom stereocenters. The van der Waals surface area contributed by atoms with Gasteiger partial charge in [0.2, 0.25) is 0 Å². The van der Waals surface area contributed by atoms with Gasteiger partial charge in [-0.25, -0.2) is 0 Å². The Morgan fingerprint density at radius 1 is 1.17 bits per heavy atom. The number of carbonyl (C=O) groups is 1. The maximum Gasteiger partial charge on any atom is 0.256 e. The molecular formula is C19H22N2O3. The molecule has 1 N–H and O–H groups in total. The van der Waals surface area contributed by atoms with Crippen LogP contribution in [-0.4, -0.2) is 33.6 Å². The van der Waals surface area contributed by atoms with E-state index >= 15 is 0 Å². The first-order valence-electron chi connectivity index (χ1n) is 8.24. The summed E-state index contributed by atoms with van der Waals surface area (Å²) in [7, 11) is 1.73. The molecule has 24 heavy (non-hydrogen) atoms. The molecule has 1 aliphatic rings. The number of rotatable bonds is 3. The molecule has 1 aromatic carbocycles. The van der Waals surface area contributed by atoms with Crippen molar-refractivity contribution in [3.8, 4) is 0 Å². The fourth-order valence-corrected chi connectivity index (χ4v) is 3.20. The number of aliphatic hydroxyl groups excluding tert-OH is 1. The minimum Gasteiger partial charge on any atom is -0.378 e. The van der Waals surface area contributed by atoms with Crippen LogP contribution in [0.2, 0.25) is 0 Å². The summed E-state index contributed by atoms with van der Waals surface area (Å²) in [6.07, 6.45) is 2.29. The minimum absolute atomic E-state index is 0.00879. The van der Waals surface area contributed by atoms with E-state index in [-0.39, 0.29) is 17.4 Å². The number of nitrogens with zero attached hydrogens (tertiary/aromatic N) is 2. The zero-order valence-electron chi connectivity index (χ0n) is 13.8. The fraction of sp³-hybridized carbons (Fsp3) is 0.368. The molecule has 2 aromatic rings. The highest BCUT2D eigenvalue weighted by Crippen LogP contribution is 2.28. The third-order valence-corrected chi connectivity index (χ3v) is 4.76. The quantitative estimate of drug-likeness (QED) is 0.936. The minimum atomic E-state index is -1.10. The van der Waals surface area contributed by atoms with Crippen LogP contribution in [0.3, 0.4) is 0 Å². The highest BCUT2D eigenvalue weighted by atomic mass is 16.3. The summed E-state index contributed by atoms with van der Waals surface area (Å²) < 4.78 is 1.55. The zero-order chi connectivity index (χ0) is 17.1. The second-order valence-corrected chi connectivity index (χ2v) is 6.32. The van der Waals surface area contributed by atoms with Crippen LogP contribution in [-0.2, 0) is 11.8 Å². The van der Waals surface area contributed by atoms with Gasteiger partial charge in [0.05, 0.1) is 0 Å². The number of pyridine rings is 1. The summed E-state index contributed by atoms with van der Waals surface area (Å²) in [5, 5.41) is 10.3. The lowest BCUT2D eigenvalue weighted by molar-refractivity contribution is -0.141. The van der Waals surface area contributed by atoms with Crippen molar-refractivity contribution in [1.29, 1.82) is 0 Å². The molecular weight excluding hydrogens is 304 g/mol. The second kappa shape index (κ2) is 7.01. The van der Waals surface area contributed by atoms with Crippen molar-refractivity contribution in [2.75, 3.05) is 13.1 Å². The van der Waals surface area contributed by atoms with Crippen LogP contribution >= 0.6 is 0 Å². The van der Waals surface area contributed by atoms with E-state index in [1.807, 2.05) is 24.3 Å². The van der Waals surface area contributed by atoms with E-state index in [4.69, 9.17) is 0 Å². The molecule has 0 aliphatic carbocycles. The third kappa shape index (κ3) is 3.41. The number of aromatic nitrogens is 1. The van der Waals surface area contributed by atoms with Crippen molar-refractivity contribution < 1.29 is 9.90 Å². The topological polar surface area (TPSA) is 62.5 Å². The molecule has 1 aromatic heterocycles. The highest BCUT2D eigenvalue weighted by molar-refractivity contribution is 5.82. The van der Waals surface area contributed by atoms with Gasteiger partial charge in [-0.05, 0) is 36.0 Å². The van der Waals surface area contributed by atoms with Gasteiger partial charge in [0.15, 0.2) is 6.10 Å². The molecule has 1 aliphatic heterocycles. The van der Waals surface area contributed by atoms with Crippen LogP contribution in [0.15, 0.2) is 53.5 Å². The lowest BCUT2D eigenvalue weighted by atomic mass is 9.89. The van der Waals surface area contributed by atoms with Crippen molar-refractivity contribution in [2.45, 2.75) is 24.9 Å². The number of aryl methyl sites for hydroxylation is 1. The van der Waals surface area contributed by atoms with E-state index < -0.39 is 6.10 Å². The van der Waals surface area contributed by atoms with Gasteiger partial charge in [-0.1, -0.05) is 30.3 Å². The van der Waals surface area contributed by atoms with Crippen LogP contribution in [0.25, 0.3) is 0 Å². The number of hydrogen-bond donors (Lipinski definition) is 1. The molecule has 1 fully saturated rings. The first kappa shape index (κ1) is 16.5. The first-order chi connectivity index (χ1) is 11.6. The molecule has 5 heteroatoms. The molecule has 2 heterocycles. The molecule has 3 rings (SSSR count). The summed E-state index contributed by atoms with van der Waals surface area (Å²) in [5.41, 5.74) is 1.65. The Bertz CT molecular complexity index is 762. The van der Waals surface area contributed by atoms with Gasteiger partial charge < -0.3 is 14.6 Å². The standard InChI is InChI=1S/C19H22N2O3/c1-20-10-7-16(13-17(20)22)14-8-11-21(12-9-14)19(24)18(23)15-5-3-2-4-6-15/h2-7,10,13-14,18,23H,8-9,11-12H2,1H3/t18-/m0/s1. The Morgan fingerprint density at radius 2 is 1.83 bits per heavy atom. The van der Waals surface area contributed by atoms with Gasteiger partial charge >= 0.3 is 0 Å². The Balaban J connectivity index is 1.63. The van der Waals surface area contributed by atoms with E-state index in [0.717, 1.165) is 18.4 Å². The van der Waals surface area contributed by atoms with Crippen LogP contribution in [0, 0.1) is 0 Å². The van der Waals surface area contributed by atoms with Crippen LogP contribution in [0.5, 0.6) is 0 Å². The molecule has 0 bridgehead atoms. The predicted molar refractivity (Wildman–Crippen MR) is 91.6 cm³/mol. The Morgan fingerprint density at radius 3 is 2.46 bits per heavy atom. The number of aliphatic hydroxyl groups is 1. The largest absolute Gasteiger partial charge is 0.378 e. The highest BCUT2D eigenvalue weighted by Gasteiger charge is 2.28.